The van der Waals surface area contributed by atoms with E-state index in [0.29, 0.717) is 105 Å². The zero-order chi connectivity index (χ0) is 100. The molecule has 5 aliphatic carbocycles. The number of methoxy groups -OCH3 is 2. The van der Waals surface area contributed by atoms with Gasteiger partial charge in [0, 0.05) is 154 Å². The first-order valence-electron chi connectivity index (χ1n) is 50.0. The summed E-state index contributed by atoms with van der Waals surface area (Å²) in [5.74, 6) is 6.26. The Hall–Kier alpha value is -16.1. The van der Waals surface area contributed by atoms with E-state index in [1.165, 1.54) is 35.4 Å². The molecule has 10 bridgehead atoms. The number of nitrogens with one attached hydrogen (secondary N) is 2. The second-order valence-electron chi connectivity index (χ2n) is 39.8. The second-order valence-corrected chi connectivity index (χ2v) is 39.8. The van der Waals surface area contributed by atoms with Crippen molar-refractivity contribution in [1.29, 1.82) is 0 Å². The normalized spacial score (nSPS) is 22.7. The van der Waals surface area contributed by atoms with Crippen molar-refractivity contribution in [3.8, 4) is 80.5 Å². The van der Waals surface area contributed by atoms with Crippen molar-refractivity contribution in [3.05, 3.63) is 317 Å². The fraction of sp³-hybridized carbons (Fsp3) is 0.345. The van der Waals surface area contributed by atoms with Crippen LogP contribution in [0.5, 0.6) is 40.9 Å². The number of halogens is 1. The fourth-order valence-electron chi connectivity index (χ4n) is 23.1. The molecular formula is C113H115FN20O12. The Morgan fingerprint density at radius 2 is 0.760 bits per heavy atom. The lowest BCUT2D eigenvalue weighted by molar-refractivity contribution is 0.0461. The maximum atomic E-state index is 14.0. The number of ether oxygens (including phenoxy) is 7. The molecule has 746 valence electrons. The number of aryl methyl sites for hydroxylation is 7. The summed E-state index contributed by atoms with van der Waals surface area (Å²) in [7, 11) is 5.08. The van der Waals surface area contributed by atoms with Gasteiger partial charge in [-0.15, -0.1) is 0 Å². The lowest BCUT2D eigenvalue weighted by Gasteiger charge is -2.33. The third kappa shape index (κ3) is 20.0. The topological polar surface area (TPSA) is 349 Å². The summed E-state index contributed by atoms with van der Waals surface area (Å²) in [5.41, 5.74) is 14.8. The van der Waals surface area contributed by atoms with Crippen LogP contribution in [0.25, 0.3) is 50.5 Å². The van der Waals surface area contributed by atoms with Crippen LogP contribution in [0.1, 0.15) is 149 Å². The van der Waals surface area contributed by atoms with E-state index in [-0.39, 0.29) is 95.8 Å². The fourth-order valence-corrected chi connectivity index (χ4v) is 23.1. The van der Waals surface area contributed by atoms with Crippen molar-refractivity contribution in [1.82, 2.24) is 99.3 Å². The van der Waals surface area contributed by atoms with E-state index in [2.05, 4.69) is 65.4 Å². The minimum Gasteiger partial charge on any atom is -0.496 e. The molecule has 25 rings (SSSR count). The van der Waals surface area contributed by atoms with Gasteiger partial charge in [0.2, 0.25) is 29.4 Å². The molecule has 10 aromatic heterocycles. The summed E-state index contributed by atoms with van der Waals surface area (Å²) < 4.78 is 57.7. The second kappa shape index (κ2) is 41.7. The SMILES string of the molecule is COc1cccc(-c2ccn[nH]2)c1C(=O)N1CC2CC(Oc3ccc(C)cn3)C1C2.COc1cccc(-c2ncccn2)c1C(=O)N1CC2CC(Oc3ccc(C)cn3)C1C2.Cc1ccc(OC2CC3CC2N(C(=O)c2cc(F)ccc2-n2nccn2)C3)nc1.Cc1ccc(OC2CC3CC2N(C(=O)c2cccc4cc[nH]c24)C3)nc1.Cc1ccc(OC2CC3CC2N(C(=O)c2ccccc2-c2c(C)cnn2C)C3)nc1. The first-order valence-corrected chi connectivity index (χ1v) is 50.0. The number of hydrogen-bond donors (Lipinski definition) is 2. The van der Waals surface area contributed by atoms with E-state index in [4.69, 9.17) is 33.2 Å². The summed E-state index contributed by atoms with van der Waals surface area (Å²) >= 11 is 0. The van der Waals surface area contributed by atoms with Crippen LogP contribution in [-0.4, -0.2) is 237 Å². The number of nitrogens with zero attached hydrogens (tertiary/aromatic N) is 18. The van der Waals surface area contributed by atoms with Crippen LogP contribution < -0.4 is 33.2 Å². The average molecular weight is 1960 g/mol. The summed E-state index contributed by atoms with van der Waals surface area (Å²) in [6.07, 6.45) is 30.1. The van der Waals surface area contributed by atoms with Gasteiger partial charge in [-0.1, -0.05) is 84.9 Å². The molecule has 146 heavy (non-hydrogen) atoms. The van der Waals surface area contributed by atoms with Crippen molar-refractivity contribution in [2.24, 2.45) is 36.6 Å². The number of carbonyl (C=O) groups excluding carboxylic acids is 5. The third-order valence-corrected chi connectivity index (χ3v) is 29.9. The Morgan fingerprint density at radius 1 is 0.363 bits per heavy atom. The number of piperidine rings is 5. The Kier molecular flexibility index (Phi) is 27.4. The molecule has 5 aromatic carbocycles. The number of aromatic nitrogens is 15. The average Bonchev–Trinajstić information content (AvgIpc) is 1.62. The molecule has 5 saturated heterocycles. The van der Waals surface area contributed by atoms with Crippen LogP contribution in [0.2, 0.25) is 0 Å². The number of rotatable bonds is 21. The van der Waals surface area contributed by atoms with Crippen LogP contribution in [0, 0.1) is 76.9 Å². The molecule has 0 radical (unpaired) electrons. The van der Waals surface area contributed by atoms with Gasteiger partial charge in [-0.05, 0) is 229 Å². The van der Waals surface area contributed by atoms with Gasteiger partial charge in [0.25, 0.3) is 29.5 Å². The molecule has 10 aliphatic rings. The molecule has 15 atom stereocenters. The molecular weight excluding hydrogens is 1850 g/mol. The highest BCUT2D eigenvalue weighted by atomic mass is 19.1. The van der Waals surface area contributed by atoms with Crippen LogP contribution in [0.3, 0.4) is 0 Å². The maximum Gasteiger partial charge on any atom is 0.258 e. The molecule has 15 aromatic rings. The van der Waals surface area contributed by atoms with Crippen molar-refractivity contribution in [2.45, 2.75) is 166 Å². The zero-order valence-corrected chi connectivity index (χ0v) is 82.8. The minimum atomic E-state index is -0.467. The third-order valence-electron chi connectivity index (χ3n) is 29.9. The minimum absolute atomic E-state index is 0.00601. The molecule has 32 nitrogen and oxygen atoms in total. The van der Waals surface area contributed by atoms with Crippen LogP contribution in [0.4, 0.5) is 4.39 Å². The first-order chi connectivity index (χ1) is 71.0. The van der Waals surface area contributed by atoms with Gasteiger partial charge >= 0.3 is 0 Å². The van der Waals surface area contributed by atoms with Gasteiger partial charge in [-0.2, -0.15) is 25.2 Å². The molecule has 5 saturated carbocycles. The van der Waals surface area contributed by atoms with E-state index in [9.17, 15) is 28.4 Å². The van der Waals surface area contributed by atoms with Gasteiger partial charge in [0.05, 0.1) is 108 Å². The quantitative estimate of drug-likeness (QED) is 0.0675. The number of likely N-dealkylation sites (tertiary alicyclic amines) is 5. The molecule has 15 unspecified atom stereocenters. The number of benzene rings is 5. The number of para-hydroxylation sites is 1. The zero-order valence-electron chi connectivity index (χ0n) is 82.8. The molecule has 15 heterocycles. The smallest absolute Gasteiger partial charge is 0.258 e. The van der Waals surface area contributed by atoms with Gasteiger partial charge in [0.1, 0.15) is 47.8 Å². The largest absolute Gasteiger partial charge is 0.496 e. The molecule has 2 N–H and O–H groups in total. The summed E-state index contributed by atoms with van der Waals surface area (Å²) in [4.78, 5) is 112. The Bertz CT molecular complexity index is 7190. The summed E-state index contributed by atoms with van der Waals surface area (Å²) in [6, 6.07) is 54.2. The predicted octanol–water partition coefficient (Wildman–Crippen LogP) is 17.1. The Balaban J connectivity index is 0.000000107. The highest BCUT2D eigenvalue weighted by Crippen LogP contribution is 2.49. The molecule has 5 amide bonds. The Labute approximate surface area is 844 Å². The summed E-state index contributed by atoms with van der Waals surface area (Å²) in [6.45, 7) is 15.7. The first kappa shape index (κ1) is 96.1. The van der Waals surface area contributed by atoms with Gasteiger partial charge in [-0.3, -0.25) is 33.8 Å². The van der Waals surface area contributed by atoms with Crippen molar-refractivity contribution >= 4 is 40.4 Å². The van der Waals surface area contributed by atoms with E-state index in [1.54, 1.807) is 68.4 Å². The van der Waals surface area contributed by atoms with Gasteiger partial charge in [0.15, 0.2) is 5.82 Å². The van der Waals surface area contributed by atoms with E-state index >= 15 is 0 Å². The van der Waals surface area contributed by atoms with Crippen molar-refractivity contribution in [3.63, 3.8) is 0 Å². The van der Waals surface area contributed by atoms with E-state index < -0.39 is 5.82 Å². The molecule has 10 fully saturated rings. The highest BCUT2D eigenvalue weighted by molar-refractivity contribution is 6.07. The van der Waals surface area contributed by atoms with Crippen LogP contribution >= 0.6 is 0 Å². The number of fused-ring (bicyclic) bond motifs is 11. The maximum absolute atomic E-state index is 14.0. The number of pyridine rings is 5. The van der Waals surface area contributed by atoms with Crippen molar-refractivity contribution in [2.75, 3.05) is 46.9 Å². The van der Waals surface area contributed by atoms with Crippen LogP contribution in [-0.2, 0) is 7.05 Å². The van der Waals surface area contributed by atoms with Crippen molar-refractivity contribution < 1.29 is 61.5 Å². The van der Waals surface area contributed by atoms with E-state index in [0.717, 1.165) is 168 Å². The Morgan fingerprint density at radius 3 is 1.16 bits per heavy atom. The number of carbonyl (C=O) groups is 5. The lowest BCUT2D eigenvalue weighted by Crippen LogP contribution is -2.47. The number of hydrogen-bond acceptors (Lipinski definition) is 23. The lowest BCUT2D eigenvalue weighted by atomic mass is 9.99. The molecule has 0 spiro atoms. The molecule has 33 heteroatoms. The monoisotopic (exact) mass is 1960 g/mol. The van der Waals surface area contributed by atoms with E-state index in [1.807, 2.05) is 243 Å². The standard InChI is InChI=1S/C24H24N4O3.C24H26N4O2.C23H24N4O3.C21H20FN5O2.C21H21N3O2/c1-15-7-8-21(27-13-15)31-20-12-16-11-18(20)28(14-16)24(29)22-17(5-3-6-19(22)30-2)23-25-9-4-10-26-23;1-15-8-9-22(25-12-15)30-21-11-17-10-20(21)28(14-17)24(29)19-7-5-4-6-18(19)23-16(2)13-26-27(23)3;1-14-6-7-21(24-12-14)30-20-11-15-10-18(20)27(13-15)23(28)22-16(17-8-9-25-26-17)4-3-5-19(22)29-2;1-13-2-5-20(23-11-13)29-19-9-14-8-18(19)26(12-14)21(28)16-10-15(22)3-4-17(16)27-24-6-7-25-27;1-13-5-6-19(23-11-13)26-18-10-14-9-17(18)24(12-14)21(25)16-4-2-3-15-7-8-22-20(15)16/h3-10,13,16,18,20H,11-12,14H2,1-2H3;4-9,12-13,17,20-21H,10-11,14H2,1-3H3;3-9,12,15,18,20H,10-11,13H2,1-2H3,(H,25,26);2-7,10-11,14,18-19H,8-9,12H2,1H3;2-8,11,14,17-18,22H,9-10,12H2,1H3. The number of amides is 5. The molecule has 5 aliphatic heterocycles. The van der Waals surface area contributed by atoms with Crippen LogP contribution in [0.15, 0.2) is 250 Å². The number of aromatic amines is 2. The predicted molar refractivity (Wildman–Crippen MR) is 542 cm³/mol. The van der Waals surface area contributed by atoms with Gasteiger partial charge < -0.3 is 62.6 Å². The number of H-pyrrole nitrogens is 2. The van der Waals surface area contributed by atoms with Gasteiger partial charge in [-0.25, -0.2) is 39.3 Å². The highest BCUT2D eigenvalue weighted by Gasteiger charge is 2.55. The summed E-state index contributed by atoms with van der Waals surface area (Å²) in [5, 5.41) is 20.6.